The van der Waals surface area contributed by atoms with Crippen molar-refractivity contribution in [3.8, 4) is 0 Å². The zero-order valence-corrected chi connectivity index (χ0v) is 36.9. The van der Waals surface area contributed by atoms with Crippen molar-refractivity contribution in [3.05, 3.63) is 35.9 Å². The van der Waals surface area contributed by atoms with Gasteiger partial charge in [-0.3, -0.25) is 28.9 Å². The van der Waals surface area contributed by atoms with Gasteiger partial charge >= 0.3 is 5.97 Å². The number of rotatable bonds is 23. The lowest BCUT2D eigenvalue weighted by Crippen LogP contribution is -2.61. The highest BCUT2D eigenvalue weighted by Crippen LogP contribution is 2.30. The standard InChI is InChI=1S/C44H74N6O8/c1-11-30(6)40(48(8)44(56)38(28(2)3)47-43(55)39(29(4)5)49-24-21-45-22-25-49)35(57-9)27-36(51)50-23-15-18-34(50)41(58-10)31(7)42(54)46-33(19-20-37(52)53)26-32-16-13-12-14-17-32/h12-14,16-17,28-31,33-35,38-41,45H,11,15,18-27H2,1-10H3,(H,46,54)(H,47,55)(H,52,53)/t30-,31+,33+,34-,35?,38-,39-,40-,41+/m0/s1. The Bertz CT molecular complexity index is 1460. The molecule has 14 heteroatoms. The van der Waals surface area contributed by atoms with E-state index in [1.54, 1.807) is 38.0 Å². The summed E-state index contributed by atoms with van der Waals surface area (Å²) >= 11 is 0. The molecule has 0 spiro atoms. The predicted octanol–water partition coefficient (Wildman–Crippen LogP) is 3.57. The van der Waals surface area contributed by atoms with E-state index in [-0.39, 0.29) is 78.8 Å². The number of carbonyl (C=O) groups is 5. The Kier molecular flexibility index (Phi) is 20.1. The largest absolute Gasteiger partial charge is 0.481 e. The number of hydrogen-bond acceptors (Lipinski definition) is 9. The maximum Gasteiger partial charge on any atom is 0.303 e. The number of nitrogens with zero attached hydrogens (tertiary/aromatic N) is 3. The van der Waals surface area contributed by atoms with Gasteiger partial charge in [0, 0.05) is 66.5 Å². The zero-order chi connectivity index (χ0) is 43.1. The van der Waals surface area contributed by atoms with Crippen molar-refractivity contribution in [1.82, 2.24) is 30.7 Å². The van der Waals surface area contributed by atoms with E-state index in [1.807, 2.05) is 65.0 Å². The summed E-state index contributed by atoms with van der Waals surface area (Å²) in [5.41, 5.74) is 0.993. The fourth-order valence-corrected chi connectivity index (χ4v) is 8.88. The molecule has 4 amide bonds. The second-order valence-corrected chi connectivity index (χ2v) is 17.1. The molecule has 3 rings (SSSR count). The van der Waals surface area contributed by atoms with Gasteiger partial charge in [-0.15, -0.1) is 0 Å². The molecule has 1 aromatic carbocycles. The van der Waals surface area contributed by atoms with E-state index in [0.29, 0.717) is 19.4 Å². The summed E-state index contributed by atoms with van der Waals surface area (Å²) in [5, 5.41) is 18.9. The van der Waals surface area contributed by atoms with Crippen LogP contribution in [0.5, 0.6) is 0 Å². The molecule has 0 aromatic heterocycles. The van der Waals surface area contributed by atoms with Crippen molar-refractivity contribution in [1.29, 1.82) is 0 Å². The molecule has 2 aliphatic rings. The molecular formula is C44H74N6O8. The van der Waals surface area contributed by atoms with Gasteiger partial charge in [0.15, 0.2) is 0 Å². The third kappa shape index (κ3) is 13.5. The Labute approximate surface area is 347 Å². The van der Waals surface area contributed by atoms with Gasteiger partial charge in [0.1, 0.15) is 6.04 Å². The molecule has 0 bridgehead atoms. The quantitative estimate of drug-likeness (QED) is 0.128. The Hall–Kier alpha value is -3.59. The molecule has 58 heavy (non-hydrogen) atoms. The number of likely N-dealkylation sites (tertiary alicyclic amines) is 1. The second kappa shape index (κ2) is 23.9. The Morgan fingerprint density at radius 3 is 2.12 bits per heavy atom. The van der Waals surface area contributed by atoms with Crippen molar-refractivity contribution < 1.29 is 38.6 Å². The van der Waals surface area contributed by atoms with Gasteiger partial charge in [-0.05, 0) is 49.0 Å². The average molecular weight is 815 g/mol. The second-order valence-electron chi connectivity index (χ2n) is 17.1. The molecule has 0 saturated carbocycles. The molecule has 0 radical (unpaired) electrons. The van der Waals surface area contributed by atoms with Gasteiger partial charge in [-0.25, -0.2) is 0 Å². The van der Waals surface area contributed by atoms with Gasteiger partial charge in [-0.1, -0.05) is 85.2 Å². The van der Waals surface area contributed by atoms with Crippen LogP contribution in [-0.4, -0.2) is 146 Å². The van der Waals surface area contributed by atoms with E-state index in [9.17, 15) is 29.1 Å². The lowest BCUT2D eigenvalue weighted by Gasteiger charge is -2.41. The number of carbonyl (C=O) groups excluding carboxylic acids is 4. The van der Waals surface area contributed by atoms with Crippen molar-refractivity contribution in [2.75, 3.05) is 54.0 Å². The van der Waals surface area contributed by atoms with Crippen LogP contribution in [0.25, 0.3) is 0 Å². The Morgan fingerprint density at radius 2 is 1.57 bits per heavy atom. The topological polar surface area (TPSA) is 170 Å². The number of carboxylic acid groups (broad SMARTS) is 1. The summed E-state index contributed by atoms with van der Waals surface area (Å²) in [6.45, 7) is 17.5. The summed E-state index contributed by atoms with van der Waals surface area (Å²) in [4.78, 5) is 73.5. The zero-order valence-electron chi connectivity index (χ0n) is 36.9. The first-order chi connectivity index (χ1) is 27.6. The van der Waals surface area contributed by atoms with E-state index < -0.39 is 36.2 Å². The molecule has 4 N–H and O–H groups in total. The first-order valence-corrected chi connectivity index (χ1v) is 21.5. The van der Waals surface area contributed by atoms with Crippen LogP contribution < -0.4 is 16.0 Å². The fraction of sp³-hybridized carbons (Fsp3) is 0.750. The van der Waals surface area contributed by atoms with E-state index in [0.717, 1.165) is 44.6 Å². The van der Waals surface area contributed by atoms with Gasteiger partial charge in [0.25, 0.3) is 0 Å². The van der Waals surface area contributed by atoms with E-state index in [1.165, 1.54) is 0 Å². The molecule has 1 aromatic rings. The highest BCUT2D eigenvalue weighted by atomic mass is 16.5. The normalized spacial score (nSPS) is 20.4. The molecule has 2 saturated heterocycles. The monoisotopic (exact) mass is 815 g/mol. The van der Waals surface area contributed by atoms with Crippen LogP contribution in [0, 0.1) is 23.7 Å². The number of hydrogen-bond donors (Lipinski definition) is 4. The van der Waals surface area contributed by atoms with Crippen LogP contribution in [-0.2, 0) is 39.9 Å². The van der Waals surface area contributed by atoms with Crippen molar-refractivity contribution in [2.24, 2.45) is 23.7 Å². The molecule has 9 atom stereocenters. The molecule has 0 aliphatic carbocycles. The summed E-state index contributed by atoms with van der Waals surface area (Å²) in [5.74, 6) is -2.51. The molecule has 2 heterocycles. The minimum absolute atomic E-state index is 0.0160. The number of benzene rings is 1. The summed E-state index contributed by atoms with van der Waals surface area (Å²) < 4.78 is 12.0. The molecule has 2 aliphatic heterocycles. The van der Waals surface area contributed by atoms with E-state index in [2.05, 4.69) is 27.8 Å². The summed E-state index contributed by atoms with van der Waals surface area (Å²) in [6.07, 6.45) is 1.59. The SMILES string of the molecule is CC[C@H](C)[C@@H](C(CC(=O)N1CCC[C@H]1[C@H](OC)[C@@H](C)C(=O)N[C@H](CCC(=O)O)Cc1ccccc1)OC)N(C)C(=O)[C@@H](NC(=O)[C@H](C(C)C)N1CCNCC1)C(C)C. The maximum absolute atomic E-state index is 14.4. The van der Waals surface area contributed by atoms with Gasteiger partial charge < -0.3 is 40.3 Å². The molecular weight excluding hydrogens is 741 g/mol. The predicted molar refractivity (Wildman–Crippen MR) is 225 cm³/mol. The summed E-state index contributed by atoms with van der Waals surface area (Å²) in [7, 11) is 4.86. The first-order valence-electron chi connectivity index (χ1n) is 21.5. The van der Waals surface area contributed by atoms with Crippen LogP contribution in [0.4, 0.5) is 0 Å². The number of carboxylic acids is 1. The number of likely N-dealkylation sites (N-methyl/N-ethyl adjacent to an activating group) is 1. The minimum atomic E-state index is -0.927. The summed E-state index contributed by atoms with van der Waals surface area (Å²) in [6, 6.07) is 7.29. The third-order valence-electron chi connectivity index (χ3n) is 12.3. The lowest BCUT2D eigenvalue weighted by atomic mass is 9.89. The van der Waals surface area contributed by atoms with Gasteiger partial charge in [-0.2, -0.15) is 0 Å². The van der Waals surface area contributed by atoms with Gasteiger partial charge in [0.2, 0.25) is 23.6 Å². The van der Waals surface area contributed by atoms with Crippen LogP contribution in [0.1, 0.15) is 92.6 Å². The first kappa shape index (κ1) is 48.8. The Morgan fingerprint density at radius 1 is 0.914 bits per heavy atom. The van der Waals surface area contributed by atoms with Crippen molar-refractivity contribution in [3.63, 3.8) is 0 Å². The van der Waals surface area contributed by atoms with Gasteiger partial charge in [0.05, 0.1) is 42.7 Å². The maximum atomic E-state index is 14.4. The number of amides is 4. The van der Waals surface area contributed by atoms with Crippen molar-refractivity contribution in [2.45, 2.75) is 136 Å². The number of piperazine rings is 1. The van der Waals surface area contributed by atoms with Crippen LogP contribution in [0.2, 0.25) is 0 Å². The number of nitrogens with one attached hydrogen (secondary N) is 3. The highest BCUT2D eigenvalue weighted by Gasteiger charge is 2.43. The lowest BCUT2D eigenvalue weighted by molar-refractivity contribution is -0.148. The minimum Gasteiger partial charge on any atom is -0.481 e. The van der Waals surface area contributed by atoms with Crippen LogP contribution in [0.3, 0.4) is 0 Å². The van der Waals surface area contributed by atoms with Crippen LogP contribution in [0.15, 0.2) is 30.3 Å². The smallest absolute Gasteiger partial charge is 0.303 e. The van der Waals surface area contributed by atoms with E-state index >= 15 is 0 Å². The Balaban J connectivity index is 1.77. The molecule has 328 valence electrons. The number of ether oxygens (including phenoxy) is 2. The fourth-order valence-electron chi connectivity index (χ4n) is 8.88. The number of methoxy groups -OCH3 is 2. The van der Waals surface area contributed by atoms with E-state index in [4.69, 9.17) is 9.47 Å². The van der Waals surface area contributed by atoms with Crippen LogP contribution >= 0.6 is 0 Å². The molecule has 1 unspecified atom stereocenters. The third-order valence-corrected chi connectivity index (χ3v) is 12.3. The molecule has 2 fully saturated rings. The average Bonchev–Trinajstić information content (AvgIpc) is 3.68. The van der Waals surface area contributed by atoms with Crippen molar-refractivity contribution >= 4 is 29.6 Å². The molecule has 14 nitrogen and oxygen atoms in total. The number of aliphatic carboxylic acids is 1. The highest BCUT2D eigenvalue weighted by molar-refractivity contribution is 5.90.